The summed E-state index contributed by atoms with van der Waals surface area (Å²) in [4.78, 5) is 11.0. The molecular formula is C16H20O2. The maximum atomic E-state index is 11.0. The lowest BCUT2D eigenvalue weighted by Crippen LogP contribution is -2.00. The molecule has 96 valence electrons. The quantitative estimate of drug-likeness (QED) is 0.322. The fourth-order valence-corrected chi connectivity index (χ4v) is 1.69. The predicted molar refractivity (Wildman–Crippen MR) is 74.9 cm³/mol. The van der Waals surface area contributed by atoms with Crippen LogP contribution in [0.3, 0.4) is 0 Å². The number of unbranched alkanes of at least 4 members (excludes halogenated alkanes) is 2. The van der Waals surface area contributed by atoms with Gasteiger partial charge in [0, 0.05) is 12.5 Å². The highest BCUT2D eigenvalue weighted by Gasteiger charge is 2.08. The molecule has 0 aliphatic heterocycles. The van der Waals surface area contributed by atoms with E-state index in [1.165, 1.54) is 6.92 Å². The van der Waals surface area contributed by atoms with Crippen LogP contribution in [0.15, 0.2) is 48.7 Å². The highest BCUT2D eigenvalue weighted by atomic mass is 16.5. The Hall–Kier alpha value is -1.83. The standard InChI is InChI=1S/C16H20O2/c1-4-5-7-12-16(13(2)18-14(3)17)15-10-8-6-9-11-15/h6,8-12H,2,4-5,7H2,1,3H3/b16-12-. The number of hydrogen-bond acceptors (Lipinski definition) is 2. The van der Waals surface area contributed by atoms with Crippen molar-refractivity contribution in [3.05, 3.63) is 54.3 Å². The van der Waals surface area contributed by atoms with Gasteiger partial charge in [-0.1, -0.05) is 62.8 Å². The molecule has 1 aromatic carbocycles. The Labute approximate surface area is 109 Å². The summed E-state index contributed by atoms with van der Waals surface area (Å²) in [5.41, 5.74) is 1.93. The molecule has 0 saturated heterocycles. The Balaban J connectivity index is 2.92. The monoisotopic (exact) mass is 244 g/mol. The molecule has 2 heteroatoms. The van der Waals surface area contributed by atoms with Crippen LogP contribution in [0.5, 0.6) is 0 Å². The first-order valence-corrected chi connectivity index (χ1v) is 6.28. The summed E-state index contributed by atoms with van der Waals surface area (Å²) in [7, 11) is 0. The molecule has 0 radical (unpaired) electrons. The molecule has 0 atom stereocenters. The van der Waals surface area contributed by atoms with E-state index in [2.05, 4.69) is 19.6 Å². The molecular weight excluding hydrogens is 224 g/mol. The minimum absolute atomic E-state index is 0.336. The Kier molecular flexibility index (Phi) is 5.92. The molecule has 0 aliphatic rings. The van der Waals surface area contributed by atoms with E-state index in [0.717, 1.165) is 30.4 Å². The fourth-order valence-electron chi connectivity index (χ4n) is 1.69. The van der Waals surface area contributed by atoms with Crippen molar-refractivity contribution < 1.29 is 9.53 Å². The lowest BCUT2D eigenvalue weighted by Gasteiger charge is -2.10. The van der Waals surface area contributed by atoms with Crippen molar-refractivity contribution in [2.24, 2.45) is 0 Å². The fraction of sp³-hybridized carbons (Fsp3) is 0.312. The van der Waals surface area contributed by atoms with Crippen LogP contribution < -0.4 is 0 Å². The van der Waals surface area contributed by atoms with Gasteiger partial charge in [-0.3, -0.25) is 4.79 Å². The van der Waals surface area contributed by atoms with Crippen LogP contribution in [0.2, 0.25) is 0 Å². The van der Waals surface area contributed by atoms with Gasteiger partial charge >= 0.3 is 5.97 Å². The maximum absolute atomic E-state index is 11.0. The molecule has 2 nitrogen and oxygen atoms in total. The molecule has 0 aliphatic carbocycles. The van der Waals surface area contributed by atoms with Crippen LogP contribution in [0.25, 0.3) is 5.57 Å². The third kappa shape index (κ3) is 4.58. The maximum Gasteiger partial charge on any atom is 0.308 e. The lowest BCUT2D eigenvalue weighted by molar-refractivity contribution is -0.136. The van der Waals surface area contributed by atoms with Gasteiger partial charge in [-0.05, 0) is 12.0 Å². The van der Waals surface area contributed by atoms with Gasteiger partial charge in [-0.15, -0.1) is 0 Å². The Morgan fingerprint density at radius 1 is 1.33 bits per heavy atom. The molecule has 0 fully saturated rings. The van der Waals surface area contributed by atoms with Gasteiger partial charge in [-0.25, -0.2) is 0 Å². The van der Waals surface area contributed by atoms with Crippen molar-refractivity contribution in [1.82, 2.24) is 0 Å². The third-order valence-electron chi connectivity index (χ3n) is 2.56. The zero-order chi connectivity index (χ0) is 13.4. The van der Waals surface area contributed by atoms with Gasteiger partial charge in [0.2, 0.25) is 0 Å². The summed E-state index contributed by atoms with van der Waals surface area (Å²) in [5, 5.41) is 0. The summed E-state index contributed by atoms with van der Waals surface area (Å²) in [6, 6.07) is 9.87. The van der Waals surface area contributed by atoms with Gasteiger partial charge in [-0.2, -0.15) is 0 Å². The van der Waals surface area contributed by atoms with Gasteiger partial charge in [0.1, 0.15) is 5.76 Å². The Morgan fingerprint density at radius 2 is 2.00 bits per heavy atom. The second kappa shape index (κ2) is 7.49. The number of ether oxygens (including phenoxy) is 1. The minimum Gasteiger partial charge on any atom is -0.427 e. The average molecular weight is 244 g/mol. The largest absolute Gasteiger partial charge is 0.427 e. The van der Waals surface area contributed by atoms with E-state index in [9.17, 15) is 4.79 Å². The van der Waals surface area contributed by atoms with Crippen LogP contribution in [0.4, 0.5) is 0 Å². The molecule has 0 heterocycles. The zero-order valence-corrected chi connectivity index (χ0v) is 11.1. The first-order chi connectivity index (χ1) is 8.65. The van der Waals surface area contributed by atoms with E-state index in [1.807, 2.05) is 30.3 Å². The molecule has 0 aromatic heterocycles. The molecule has 0 N–H and O–H groups in total. The van der Waals surface area contributed by atoms with E-state index < -0.39 is 0 Å². The first kappa shape index (κ1) is 14.2. The van der Waals surface area contributed by atoms with E-state index >= 15 is 0 Å². The number of carbonyl (C=O) groups excluding carboxylic acids is 1. The molecule has 18 heavy (non-hydrogen) atoms. The van der Waals surface area contributed by atoms with E-state index in [0.29, 0.717) is 5.76 Å². The number of esters is 1. The van der Waals surface area contributed by atoms with Crippen molar-refractivity contribution in [3.8, 4) is 0 Å². The van der Waals surface area contributed by atoms with Crippen molar-refractivity contribution in [1.29, 1.82) is 0 Å². The lowest BCUT2D eigenvalue weighted by atomic mass is 10.0. The molecule has 0 saturated carbocycles. The van der Waals surface area contributed by atoms with Crippen molar-refractivity contribution >= 4 is 11.5 Å². The summed E-state index contributed by atoms with van der Waals surface area (Å²) >= 11 is 0. The number of carbonyl (C=O) groups is 1. The normalized spacial score (nSPS) is 11.1. The zero-order valence-electron chi connectivity index (χ0n) is 11.1. The second-order valence-corrected chi connectivity index (χ2v) is 4.14. The molecule has 1 rings (SSSR count). The molecule has 1 aromatic rings. The van der Waals surface area contributed by atoms with E-state index in [-0.39, 0.29) is 5.97 Å². The smallest absolute Gasteiger partial charge is 0.308 e. The number of allylic oxidation sites excluding steroid dienone is 2. The molecule has 0 amide bonds. The van der Waals surface area contributed by atoms with Crippen molar-refractivity contribution in [3.63, 3.8) is 0 Å². The van der Waals surface area contributed by atoms with E-state index in [1.54, 1.807) is 0 Å². The second-order valence-electron chi connectivity index (χ2n) is 4.14. The summed E-state index contributed by atoms with van der Waals surface area (Å²) in [6.45, 7) is 7.38. The predicted octanol–water partition coefficient (Wildman–Crippen LogP) is 4.34. The molecule has 0 unspecified atom stereocenters. The van der Waals surface area contributed by atoms with E-state index in [4.69, 9.17) is 4.74 Å². The number of rotatable bonds is 6. The SMILES string of the molecule is C=C(OC(C)=O)/C(=C/CCCC)c1ccccc1. The first-order valence-electron chi connectivity index (χ1n) is 6.28. The van der Waals surface area contributed by atoms with Crippen LogP contribution in [0, 0.1) is 0 Å². The third-order valence-corrected chi connectivity index (χ3v) is 2.56. The highest BCUT2D eigenvalue weighted by Crippen LogP contribution is 2.23. The van der Waals surface area contributed by atoms with Gasteiger partial charge in [0.05, 0.1) is 0 Å². The van der Waals surface area contributed by atoms with Gasteiger partial charge in [0.15, 0.2) is 0 Å². The van der Waals surface area contributed by atoms with Crippen LogP contribution >= 0.6 is 0 Å². The van der Waals surface area contributed by atoms with Crippen LogP contribution in [-0.4, -0.2) is 5.97 Å². The summed E-state index contributed by atoms with van der Waals surface area (Å²) < 4.78 is 5.10. The number of benzene rings is 1. The Morgan fingerprint density at radius 3 is 2.56 bits per heavy atom. The summed E-state index contributed by atoms with van der Waals surface area (Å²) in [5.74, 6) is 0.0853. The Bertz CT molecular complexity index is 430. The topological polar surface area (TPSA) is 26.3 Å². The molecule has 0 spiro atoms. The van der Waals surface area contributed by atoms with Crippen molar-refractivity contribution in [2.45, 2.75) is 33.1 Å². The highest BCUT2D eigenvalue weighted by molar-refractivity contribution is 5.80. The van der Waals surface area contributed by atoms with Crippen molar-refractivity contribution in [2.75, 3.05) is 0 Å². The van der Waals surface area contributed by atoms with Gasteiger partial charge < -0.3 is 4.74 Å². The average Bonchev–Trinajstić information content (AvgIpc) is 2.35. The molecule has 0 bridgehead atoms. The van der Waals surface area contributed by atoms with Crippen LogP contribution in [0.1, 0.15) is 38.7 Å². The number of hydrogen-bond donors (Lipinski definition) is 0. The summed E-state index contributed by atoms with van der Waals surface area (Å²) in [6.07, 6.45) is 5.30. The minimum atomic E-state index is -0.336. The van der Waals surface area contributed by atoms with Gasteiger partial charge in [0.25, 0.3) is 0 Å². The van der Waals surface area contributed by atoms with Crippen LogP contribution in [-0.2, 0) is 9.53 Å².